The summed E-state index contributed by atoms with van der Waals surface area (Å²) in [7, 11) is 0. The lowest BCUT2D eigenvalue weighted by Crippen LogP contribution is -1.96. The second kappa shape index (κ2) is 12.2. The minimum Gasteiger partial charge on any atom is -0.305 e. The van der Waals surface area contributed by atoms with Crippen LogP contribution < -0.4 is 0 Å². The number of pyridine rings is 1. The highest BCUT2D eigenvalue weighted by atomic mass is 35.5. The fourth-order valence-electron chi connectivity index (χ4n) is 2.74. The van der Waals surface area contributed by atoms with Crippen LogP contribution in [0.15, 0.2) is 53.7 Å². The van der Waals surface area contributed by atoms with Crippen LogP contribution in [0.1, 0.15) is 57.7 Å². The molecule has 1 aromatic heterocycles. The molecule has 0 saturated carbocycles. The fourth-order valence-corrected chi connectivity index (χ4v) is 2.82. The zero-order valence-electron chi connectivity index (χ0n) is 17.9. The van der Waals surface area contributed by atoms with Gasteiger partial charge in [-0.25, -0.2) is 9.98 Å². The molecule has 1 N–H and O–H groups in total. The first kappa shape index (κ1) is 23.8. The van der Waals surface area contributed by atoms with Gasteiger partial charge in [0.15, 0.2) is 5.82 Å². The normalized spacial score (nSPS) is 12.8. The summed E-state index contributed by atoms with van der Waals surface area (Å²) in [6.07, 6.45) is 6.12. The maximum absolute atomic E-state index is 7.68. The molecule has 0 aliphatic heterocycles. The molecule has 3 nitrogen and oxygen atoms in total. The van der Waals surface area contributed by atoms with Crippen LogP contribution in [0.5, 0.6) is 0 Å². The molecular weight excluding hydrogens is 366 g/mol. The van der Waals surface area contributed by atoms with E-state index in [9.17, 15) is 0 Å². The van der Waals surface area contributed by atoms with Gasteiger partial charge in [-0.3, -0.25) is 0 Å². The van der Waals surface area contributed by atoms with Gasteiger partial charge in [-0.1, -0.05) is 68.3 Å². The molecule has 0 radical (unpaired) electrons. The van der Waals surface area contributed by atoms with Crippen LogP contribution in [0.3, 0.4) is 0 Å². The molecule has 1 atom stereocenters. The van der Waals surface area contributed by atoms with Crippen molar-refractivity contribution >= 4 is 33.9 Å². The standard InChI is InChI=1S/C13H16ClN3.C11H16/c1-5-12(9(3)15)11-6-8(2)13(16-7-11)17-10(4)14;1-3-10(2)9-11-7-5-4-6-8-11/h5-7,15H,1-4H3;4-8,10H,3,9H2,1-2H3/b12-5-,15-9?,17-10?;. The molecule has 0 spiro atoms. The van der Waals surface area contributed by atoms with E-state index in [1.54, 1.807) is 20.0 Å². The average molecular weight is 398 g/mol. The van der Waals surface area contributed by atoms with Gasteiger partial charge in [-0.05, 0) is 62.8 Å². The Balaban J connectivity index is 0.000000307. The summed E-state index contributed by atoms with van der Waals surface area (Å²) in [5, 5.41) is 8.14. The maximum atomic E-state index is 7.68. The molecule has 0 saturated heterocycles. The second-order valence-electron chi connectivity index (χ2n) is 7.00. The van der Waals surface area contributed by atoms with Crippen molar-refractivity contribution in [1.82, 2.24) is 4.98 Å². The van der Waals surface area contributed by atoms with Crippen LogP contribution in [0.4, 0.5) is 5.82 Å². The number of hydrogen-bond donors (Lipinski definition) is 1. The van der Waals surface area contributed by atoms with Crippen molar-refractivity contribution in [2.75, 3.05) is 0 Å². The quantitative estimate of drug-likeness (QED) is 0.507. The van der Waals surface area contributed by atoms with Crippen LogP contribution >= 0.6 is 11.6 Å². The van der Waals surface area contributed by atoms with Gasteiger partial charge in [-0.15, -0.1) is 0 Å². The van der Waals surface area contributed by atoms with Crippen molar-refractivity contribution in [1.29, 1.82) is 5.41 Å². The second-order valence-corrected chi connectivity index (χ2v) is 7.55. The van der Waals surface area contributed by atoms with Crippen molar-refractivity contribution in [2.24, 2.45) is 10.9 Å². The van der Waals surface area contributed by atoms with E-state index in [4.69, 9.17) is 17.0 Å². The summed E-state index contributed by atoms with van der Waals surface area (Å²) in [6.45, 7) is 11.9. The molecular formula is C24H32ClN3. The molecule has 28 heavy (non-hydrogen) atoms. The molecule has 4 heteroatoms. The predicted molar refractivity (Wildman–Crippen MR) is 124 cm³/mol. The number of nitrogens with one attached hydrogen (secondary N) is 1. The van der Waals surface area contributed by atoms with Gasteiger partial charge >= 0.3 is 0 Å². The van der Waals surface area contributed by atoms with Gasteiger partial charge < -0.3 is 5.41 Å². The Morgan fingerprint density at radius 3 is 2.36 bits per heavy atom. The van der Waals surface area contributed by atoms with E-state index < -0.39 is 0 Å². The Bertz CT molecular complexity index is 819. The molecule has 0 bridgehead atoms. The SMILES string of the molecule is C/C=C(/C(C)=N)c1cnc(N=C(C)Cl)c(C)c1.CCC(C)Cc1ccccc1. The van der Waals surface area contributed by atoms with E-state index in [0.29, 0.717) is 16.7 Å². The Kier molecular flexibility index (Phi) is 10.4. The smallest absolute Gasteiger partial charge is 0.156 e. The molecule has 1 unspecified atom stereocenters. The van der Waals surface area contributed by atoms with E-state index in [1.165, 1.54) is 18.4 Å². The highest BCUT2D eigenvalue weighted by Crippen LogP contribution is 2.22. The first-order chi connectivity index (χ1) is 13.3. The van der Waals surface area contributed by atoms with Gasteiger partial charge in [0.1, 0.15) is 5.17 Å². The molecule has 150 valence electrons. The summed E-state index contributed by atoms with van der Waals surface area (Å²) in [6, 6.07) is 12.7. The zero-order chi connectivity index (χ0) is 21.1. The summed E-state index contributed by atoms with van der Waals surface area (Å²) in [4.78, 5) is 8.39. The minimum absolute atomic E-state index is 0.461. The van der Waals surface area contributed by atoms with Crippen molar-refractivity contribution in [3.8, 4) is 0 Å². The van der Waals surface area contributed by atoms with E-state index in [1.807, 2.05) is 26.0 Å². The van der Waals surface area contributed by atoms with Crippen LogP contribution in [0.2, 0.25) is 0 Å². The third-order valence-electron chi connectivity index (χ3n) is 4.44. The number of aryl methyl sites for hydroxylation is 1. The first-order valence-corrected chi connectivity index (χ1v) is 10.1. The summed E-state index contributed by atoms with van der Waals surface area (Å²) in [5.74, 6) is 1.44. The average Bonchev–Trinajstić information content (AvgIpc) is 2.65. The van der Waals surface area contributed by atoms with E-state index in [-0.39, 0.29) is 0 Å². The molecule has 2 aromatic rings. The van der Waals surface area contributed by atoms with Gasteiger partial charge in [-0.2, -0.15) is 0 Å². The Hall–Kier alpha value is -2.26. The van der Waals surface area contributed by atoms with Crippen molar-refractivity contribution in [2.45, 2.75) is 54.4 Å². The number of hydrogen-bond acceptors (Lipinski definition) is 3. The van der Waals surface area contributed by atoms with Crippen LogP contribution in [-0.2, 0) is 6.42 Å². The molecule has 0 aliphatic rings. The molecule has 2 rings (SSSR count). The Morgan fingerprint density at radius 1 is 1.25 bits per heavy atom. The third kappa shape index (κ3) is 8.18. The first-order valence-electron chi connectivity index (χ1n) is 9.72. The van der Waals surface area contributed by atoms with Gasteiger partial charge in [0.25, 0.3) is 0 Å². The largest absolute Gasteiger partial charge is 0.305 e. The molecule has 1 heterocycles. The number of rotatable bonds is 6. The molecule has 1 aromatic carbocycles. The monoisotopic (exact) mass is 397 g/mol. The lowest BCUT2D eigenvalue weighted by molar-refractivity contribution is 0.560. The zero-order valence-corrected chi connectivity index (χ0v) is 18.6. The van der Waals surface area contributed by atoms with Crippen LogP contribution in [0.25, 0.3) is 5.57 Å². The lowest BCUT2D eigenvalue weighted by atomic mass is 9.99. The van der Waals surface area contributed by atoms with Crippen LogP contribution in [-0.4, -0.2) is 15.9 Å². The van der Waals surface area contributed by atoms with Crippen molar-refractivity contribution < 1.29 is 0 Å². The topological polar surface area (TPSA) is 49.1 Å². The molecule has 0 amide bonds. The number of nitrogens with zero attached hydrogens (tertiary/aromatic N) is 2. The van der Waals surface area contributed by atoms with Crippen LogP contribution in [0, 0.1) is 18.3 Å². The predicted octanol–water partition coefficient (Wildman–Crippen LogP) is 7.40. The lowest BCUT2D eigenvalue weighted by Gasteiger charge is -2.07. The van der Waals surface area contributed by atoms with E-state index >= 15 is 0 Å². The highest BCUT2D eigenvalue weighted by Gasteiger charge is 2.06. The maximum Gasteiger partial charge on any atom is 0.156 e. The number of aromatic nitrogens is 1. The highest BCUT2D eigenvalue weighted by molar-refractivity contribution is 6.65. The number of benzene rings is 1. The van der Waals surface area contributed by atoms with Crippen molar-refractivity contribution in [3.05, 3.63) is 65.4 Å². The summed E-state index contributed by atoms with van der Waals surface area (Å²) >= 11 is 5.73. The number of halogens is 1. The van der Waals surface area contributed by atoms with Crippen molar-refractivity contribution in [3.63, 3.8) is 0 Å². The summed E-state index contributed by atoms with van der Waals surface area (Å²) in [5.41, 5.74) is 4.76. The van der Waals surface area contributed by atoms with E-state index in [0.717, 1.165) is 22.6 Å². The molecule has 0 fully saturated rings. The van der Waals surface area contributed by atoms with Gasteiger partial charge in [0.2, 0.25) is 0 Å². The Morgan fingerprint density at radius 2 is 1.89 bits per heavy atom. The number of allylic oxidation sites excluding steroid dienone is 2. The van der Waals surface area contributed by atoms with Gasteiger partial charge in [0.05, 0.1) is 0 Å². The van der Waals surface area contributed by atoms with E-state index in [2.05, 4.69) is 54.2 Å². The molecule has 0 aliphatic carbocycles. The number of aliphatic imine (C=N–C) groups is 1. The fraction of sp³-hybridized carbons (Fsp3) is 0.375. The van der Waals surface area contributed by atoms with Gasteiger partial charge in [0, 0.05) is 17.5 Å². The Labute approximate surface area is 175 Å². The minimum atomic E-state index is 0.461. The summed E-state index contributed by atoms with van der Waals surface area (Å²) < 4.78 is 0. The third-order valence-corrected chi connectivity index (χ3v) is 4.52.